The van der Waals surface area contributed by atoms with Crippen LogP contribution in [0.2, 0.25) is 0 Å². The van der Waals surface area contributed by atoms with Crippen LogP contribution in [-0.2, 0) is 0 Å². The van der Waals surface area contributed by atoms with Gasteiger partial charge < -0.3 is 9.84 Å². The van der Waals surface area contributed by atoms with Gasteiger partial charge in [0.25, 0.3) is 0 Å². The first-order chi connectivity index (χ1) is 10.4. The number of halogens is 2. The van der Waals surface area contributed by atoms with Gasteiger partial charge in [0.2, 0.25) is 6.10 Å². The molecule has 1 N–H and O–H groups in total. The van der Waals surface area contributed by atoms with Gasteiger partial charge in [-0.1, -0.05) is 30.3 Å². The minimum atomic E-state index is -2.30. The monoisotopic (exact) mass is 323 g/mol. The molecule has 22 heavy (non-hydrogen) atoms. The fraction of sp³-hybridized carbons (Fsp3) is 0.200. The van der Waals surface area contributed by atoms with Crippen molar-refractivity contribution in [1.82, 2.24) is 0 Å². The van der Waals surface area contributed by atoms with Crippen LogP contribution in [0.5, 0.6) is 5.75 Å². The number of nitrogens with zero attached hydrogens (tertiary/aromatic N) is 1. The van der Waals surface area contributed by atoms with Crippen molar-refractivity contribution in [3.63, 3.8) is 0 Å². The normalized spacial score (nSPS) is 26.9. The molecule has 0 unspecified atom stereocenters. The van der Waals surface area contributed by atoms with Crippen molar-refractivity contribution < 1.29 is 19.2 Å². The molecule has 2 aromatic rings. The Kier molecular flexibility index (Phi) is 3.50. The van der Waals surface area contributed by atoms with Gasteiger partial charge in [-0.2, -0.15) is 0 Å². The number of rotatable bonds is 2. The van der Waals surface area contributed by atoms with Gasteiger partial charge in [0, 0.05) is 11.1 Å². The summed E-state index contributed by atoms with van der Waals surface area (Å²) in [7, 11) is 0. The second-order valence-corrected chi connectivity index (χ2v) is 5.58. The molecule has 2 aromatic carbocycles. The second-order valence-electron chi connectivity index (χ2n) is 4.97. The Morgan fingerprint density at radius 1 is 1.23 bits per heavy atom. The summed E-state index contributed by atoms with van der Waals surface area (Å²) in [5, 5.41) is 21.9. The molecule has 0 bridgehead atoms. The van der Waals surface area contributed by atoms with Gasteiger partial charge in [0.1, 0.15) is 11.6 Å². The van der Waals surface area contributed by atoms with Crippen molar-refractivity contribution >= 4 is 11.6 Å². The molecular weight excluding hydrogens is 313 g/mol. The first-order valence-electron chi connectivity index (χ1n) is 6.47. The maximum Gasteiger partial charge on any atom is 0.364 e. The lowest BCUT2D eigenvalue weighted by Gasteiger charge is -2.37. The first kappa shape index (κ1) is 14.7. The van der Waals surface area contributed by atoms with E-state index in [1.807, 2.05) is 0 Å². The predicted octanol–water partition coefficient (Wildman–Crippen LogP) is 3.20. The SMILES string of the molecule is O=[N+]([O-])[C@@]1(Cl)[C@H](O)c2ccccc2O[C@@H]1c1ccc(F)cc1. The number of benzene rings is 2. The Balaban J connectivity index is 2.15. The van der Waals surface area contributed by atoms with Crippen molar-refractivity contribution in [2.24, 2.45) is 0 Å². The van der Waals surface area contributed by atoms with E-state index in [-0.39, 0.29) is 5.56 Å². The molecule has 7 heteroatoms. The topological polar surface area (TPSA) is 72.6 Å². The number of aliphatic hydroxyl groups excluding tert-OH is 1. The van der Waals surface area contributed by atoms with Gasteiger partial charge in [-0.3, -0.25) is 10.1 Å². The van der Waals surface area contributed by atoms with Crippen LogP contribution >= 0.6 is 11.6 Å². The molecule has 0 saturated heterocycles. The molecule has 114 valence electrons. The van der Waals surface area contributed by atoms with Crippen LogP contribution in [0, 0.1) is 15.9 Å². The Hall–Kier alpha value is -2.18. The summed E-state index contributed by atoms with van der Waals surface area (Å²) in [6.45, 7) is 0. The van der Waals surface area contributed by atoms with Gasteiger partial charge >= 0.3 is 5.00 Å². The van der Waals surface area contributed by atoms with Gasteiger partial charge in [0.05, 0.1) is 4.92 Å². The lowest BCUT2D eigenvalue weighted by atomic mass is 9.90. The van der Waals surface area contributed by atoms with Crippen molar-refractivity contribution in [2.45, 2.75) is 17.2 Å². The molecule has 1 aliphatic rings. The molecule has 1 aliphatic heterocycles. The number of hydrogen-bond acceptors (Lipinski definition) is 4. The largest absolute Gasteiger partial charge is 0.476 e. The van der Waals surface area contributed by atoms with Crippen LogP contribution in [0.1, 0.15) is 23.3 Å². The number of fused-ring (bicyclic) bond motifs is 1. The standard InChI is InChI=1S/C15H11ClFNO4/c16-15(18(20)21)13(19)11-3-1-2-4-12(11)22-14(15)9-5-7-10(17)8-6-9/h1-8,13-14,19H/t13-,14-,15+/m1/s1. The molecule has 0 radical (unpaired) electrons. The second kappa shape index (κ2) is 5.23. The molecule has 0 aliphatic carbocycles. The summed E-state index contributed by atoms with van der Waals surface area (Å²) in [5.41, 5.74) is 0.550. The fourth-order valence-corrected chi connectivity index (χ4v) is 2.81. The molecule has 5 nitrogen and oxygen atoms in total. The van der Waals surface area contributed by atoms with Crippen molar-refractivity contribution in [1.29, 1.82) is 0 Å². The number of ether oxygens (including phenoxy) is 1. The average Bonchev–Trinajstić information content (AvgIpc) is 2.51. The fourth-order valence-electron chi connectivity index (χ4n) is 2.52. The smallest absolute Gasteiger partial charge is 0.364 e. The molecule has 0 amide bonds. The van der Waals surface area contributed by atoms with E-state index in [0.29, 0.717) is 11.3 Å². The lowest BCUT2D eigenvalue weighted by Crippen LogP contribution is -2.49. The number of para-hydroxylation sites is 1. The molecule has 0 fully saturated rings. The van der Waals surface area contributed by atoms with E-state index in [2.05, 4.69) is 0 Å². The zero-order valence-corrected chi connectivity index (χ0v) is 11.9. The molecule has 0 spiro atoms. The summed E-state index contributed by atoms with van der Waals surface area (Å²) in [5.74, 6) is -0.177. The third kappa shape index (κ3) is 2.12. The van der Waals surface area contributed by atoms with Crippen LogP contribution in [0.25, 0.3) is 0 Å². The Morgan fingerprint density at radius 3 is 2.50 bits per heavy atom. The summed E-state index contributed by atoms with van der Waals surface area (Å²) in [6.07, 6.45) is -2.82. The van der Waals surface area contributed by atoms with Crippen LogP contribution < -0.4 is 4.74 Å². The third-order valence-corrected chi connectivity index (χ3v) is 4.21. The highest BCUT2D eigenvalue weighted by Gasteiger charge is 2.61. The quantitative estimate of drug-likeness (QED) is 0.398. The first-order valence-corrected chi connectivity index (χ1v) is 6.85. The van der Waals surface area contributed by atoms with E-state index in [0.717, 1.165) is 12.1 Å². The van der Waals surface area contributed by atoms with Gasteiger partial charge in [0.15, 0.2) is 6.10 Å². The zero-order chi connectivity index (χ0) is 15.9. The van der Waals surface area contributed by atoms with E-state index >= 15 is 0 Å². The van der Waals surface area contributed by atoms with E-state index in [4.69, 9.17) is 16.3 Å². The number of aliphatic hydroxyl groups is 1. The van der Waals surface area contributed by atoms with Gasteiger partial charge in [-0.25, -0.2) is 4.39 Å². The molecular formula is C15H11ClFNO4. The molecule has 3 atom stereocenters. The van der Waals surface area contributed by atoms with Gasteiger partial charge in [-0.15, -0.1) is 0 Å². The molecule has 1 heterocycles. The highest BCUT2D eigenvalue weighted by Crippen LogP contribution is 2.51. The predicted molar refractivity (Wildman–Crippen MR) is 76.7 cm³/mol. The highest BCUT2D eigenvalue weighted by atomic mass is 35.5. The highest BCUT2D eigenvalue weighted by molar-refractivity contribution is 6.23. The zero-order valence-electron chi connectivity index (χ0n) is 11.1. The number of alkyl halides is 1. The number of nitro groups is 1. The Bertz CT molecular complexity index is 724. The Labute approximate surface area is 130 Å². The molecule has 0 aromatic heterocycles. The van der Waals surface area contributed by atoms with Crippen molar-refractivity contribution in [2.75, 3.05) is 0 Å². The lowest BCUT2D eigenvalue weighted by molar-refractivity contribution is -0.570. The van der Waals surface area contributed by atoms with Crippen LogP contribution in [0.3, 0.4) is 0 Å². The maximum atomic E-state index is 13.1. The molecule has 0 saturated carbocycles. The number of hydrogen-bond donors (Lipinski definition) is 1. The third-order valence-electron chi connectivity index (χ3n) is 3.66. The van der Waals surface area contributed by atoms with Crippen LogP contribution in [-0.4, -0.2) is 15.0 Å². The van der Waals surface area contributed by atoms with Crippen molar-refractivity contribution in [3.8, 4) is 5.75 Å². The molecule has 3 rings (SSSR count). The van der Waals surface area contributed by atoms with Crippen LogP contribution in [0.15, 0.2) is 48.5 Å². The summed E-state index contributed by atoms with van der Waals surface area (Å²) in [4.78, 5) is 8.43. The van der Waals surface area contributed by atoms with Gasteiger partial charge in [-0.05, 0) is 29.8 Å². The minimum Gasteiger partial charge on any atom is -0.476 e. The van der Waals surface area contributed by atoms with Crippen molar-refractivity contribution in [3.05, 3.63) is 75.6 Å². The van der Waals surface area contributed by atoms with Crippen LogP contribution in [0.4, 0.5) is 4.39 Å². The maximum absolute atomic E-state index is 13.1. The van der Waals surface area contributed by atoms with E-state index in [1.54, 1.807) is 18.2 Å². The van der Waals surface area contributed by atoms with E-state index in [1.165, 1.54) is 18.2 Å². The van der Waals surface area contributed by atoms with E-state index in [9.17, 15) is 19.6 Å². The summed E-state index contributed by atoms with van der Waals surface area (Å²) < 4.78 is 18.7. The summed E-state index contributed by atoms with van der Waals surface area (Å²) >= 11 is 6.16. The minimum absolute atomic E-state index is 0.243. The van der Waals surface area contributed by atoms with E-state index < -0.39 is 27.9 Å². The Morgan fingerprint density at radius 2 is 1.86 bits per heavy atom. The summed E-state index contributed by atoms with van der Waals surface area (Å²) in [6, 6.07) is 11.4. The average molecular weight is 324 g/mol.